The molecule has 2 atom stereocenters. The van der Waals surface area contributed by atoms with Crippen molar-refractivity contribution < 1.29 is 23.9 Å². The summed E-state index contributed by atoms with van der Waals surface area (Å²) in [6, 6.07) is 9.86. The molecule has 3 aromatic rings. The van der Waals surface area contributed by atoms with Gasteiger partial charge in [0.05, 0.1) is 34.9 Å². The van der Waals surface area contributed by atoms with E-state index in [2.05, 4.69) is 17.1 Å². The topological polar surface area (TPSA) is 96.9 Å². The number of carboxylic acid groups (broad SMARTS) is 1. The summed E-state index contributed by atoms with van der Waals surface area (Å²) in [6.07, 6.45) is -0.250. The SMILES string of the molecule is COCC1CC(c2nc3ccc4cc(B5OC(C)(C)C(C)(C)O5)ccc4c3[nH]2)N(C(=O)O)C1. The van der Waals surface area contributed by atoms with Gasteiger partial charge in [-0.25, -0.2) is 9.78 Å². The number of likely N-dealkylation sites (tertiary alicyclic amines) is 1. The van der Waals surface area contributed by atoms with Crippen molar-refractivity contribution in [3.05, 3.63) is 36.2 Å². The lowest BCUT2D eigenvalue weighted by atomic mass is 9.78. The Hall–Kier alpha value is -2.62. The number of aromatic amines is 1. The zero-order chi connectivity index (χ0) is 23.5. The molecule has 2 saturated heterocycles. The molecule has 0 bridgehead atoms. The molecule has 1 amide bonds. The average molecular weight is 451 g/mol. The van der Waals surface area contributed by atoms with Gasteiger partial charge in [0.1, 0.15) is 5.82 Å². The molecule has 2 unspecified atom stereocenters. The number of nitrogens with zero attached hydrogens (tertiary/aromatic N) is 2. The largest absolute Gasteiger partial charge is 0.494 e. The van der Waals surface area contributed by atoms with Crippen molar-refractivity contribution in [1.29, 1.82) is 0 Å². The lowest BCUT2D eigenvalue weighted by Gasteiger charge is -2.32. The zero-order valence-electron chi connectivity index (χ0n) is 19.7. The quantitative estimate of drug-likeness (QED) is 0.588. The number of fused-ring (bicyclic) bond motifs is 3. The first-order chi connectivity index (χ1) is 15.6. The average Bonchev–Trinajstić information content (AvgIpc) is 3.41. The van der Waals surface area contributed by atoms with E-state index < -0.39 is 24.4 Å². The third-order valence-electron chi connectivity index (χ3n) is 7.39. The molecular weight excluding hydrogens is 421 g/mol. The van der Waals surface area contributed by atoms with E-state index in [0.717, 1.165) is 27.3 Å². The molecule has 0 spiro atoms. The molecule has 0 aliphatic carbocycles. The highest BCUT2D eigenvalue weighted by atomic mass is 16.7. The number of ether oxygens (including phenoxy) is 1. The summed E-state index contributed by atoms with van der Waals surface area (Å²) in [5, 5.41) is 11.8. The maximum absolute atomic E-state index is 11.8. The van der Waals surface area contributed by atoms with Gasteiger partial charge in [-0.05, 0) is 51.0 Å². The Morgan fingerprint density at radius 3 is 2.64 bits per heavy atom. The molecule has 0 saturated carbocycles. The molecule has 2 aliphatic heterocycles. The van der Waals surface area contributed by atoms with Crippen LogP contribution < -0.4 is 5.46 Å². The molecule has 8 nitrogen and oxygen atoms in total. The third kappa shape index (κ3) is 3.68. The molecule has 9 heteroatoms. The van der Waals surface area contributed by atoms with Crippen LogP contribution in [0, 0.1) is 5.92 Å². The molecule has 3 heterocycles. The summed E-state index contributed by atoms with van der Waals surface area (Å²) in [5.74, 6) is 0.831. The molecule has 5 rings (SSSR count). The van der Waals surface area contributed by atoms with Crippen molar-refractivity contribution in [3.63, 3.8) is 0 Å². The highest BCUT2D eigenvalue weighted by Gasteiger charge is 2.51. The van der Waals surface area contributed by atoms with E-state index in [-0.39, 0.29) is 12.0 Å². The van der Waals surface area contributed by atoms with Gasteiger partial charge in [-0.2, -0.15) is 0 Å². The number of methoxy groups -OCH3 is 1. The highest BCUT2D eigenvalue weighted by Crippen LogP contribution is 2.38. The van der Waals surface area contributed by atoms with E-state index in [1.54, 1.807) is 7.11 Å². The summed E-state index contributed by atoms with van der Waals surface area (Å²) < 4.78 is 17.7. The maximum Gasteiger partial charge on any atom is 0.494 e. The molecular formula is C24H30BN3O5. The minimum Gasteiger partial charge on any atom is -0.465 e. The predicted octanol–water partition coefficient (Wildman–Crippen LogP) is 3.70. The number of imidazole rings is 1. The second kappa shape index (κ2) is 7.72. The molecule has 174 valence electrons. The fourth-order valence-electron chi connectivity index (χ4n) is 4.88. The summed E-state index contributed by atoms with van der Waals surface area (Å²) >= 11 is 0. The number of hydrogen-bond donors (Lipinski definition) is 2. The fourth-order valence-corrected chi connectivity index (χ4v) is 4.88. The molecule has 2 N–H and O–H groups in total. The Labute approximate surface area is 193 Å². The molecule has 1 aromatic heterocycles. The van der Waals surface area contributed by atoms with Crippen LogP contribution in [-0.2, 0) is 14.0 Å². The van der Waals surface area contributed by atoms with Crippen molar-refractivity contribution in [1.82, 2.24) is 14.9 Å². The first-order valence-electron chi connectivity index (χ1n) is 11.4. The van der Waals surface area contributed by atoms with Gasteiger partial charge < -0.3 is 24.1 Å². The van der Waals surface area contributed by atoms with Crippen LogP contribution >= 0.6 is 0 Å². The van der Waals surface area contributed by atoms with Crippen LogP contribution in [0.3, 0.4) is 0 Å². The summed E-state index contributed by atoms with van der Waals surface area (Å²) in [4.78, 5) is 21.5. The normalized spacial score (nSPS) is 24.3. The minimum absolute atomic E-state index is 0.156. The van der Waals surface area contributed by atoms with Crippen LogP contribution in [0.2, 0.25) is 0 Å². The zero-order valence-corrected chi connectivity index (χ0v) is 19.7. The molecule has 33 heavy (non-hydrogen) atoms. The van der Waals surface area contributed by atoms with Crippen molar-refractivity contribution in [3.8, 4) is 0 Å². The lowest BCUT2D eigenvalue weighted by Crippen LogP contribution is -2.41. The van der Waals surface area contributed by atoms with E-state index >= 15 is 0 Å². The number of rotatable bonds is 4. The number of H-pyrrole nitrogens is 1. The predicted molar refractivity (Wildman–Crippen MR) is 127 cm³/mol. The first-order valence-corrected chi connectivity index (χ1v) is 11.4. The third-order valence-corrected chi connectivity index (χ3v) is 7.39. The van der Waals surface area contributed by atoms with Crippen LogP contribution in [0.1, 0.15) is 46.0 Å². The van der Waals surface area contributed by atoms with Crippen LogP contribution in [0.4, 0.5) is 4.79 Å². The van der Waals surface area contributed by atoms with E-state index in [0.29, 0.717) is 25.4 Å². The minimum atomic E-state index is -0.934. The standard InChI is InChI=1S/C24H30BN3O5/c1-23(2)24(3,4)33-25(32-23)16-7-8-17-15(11-16)6-9-18-20(17)27-21(26-18)19-10-14(13-31-5)12-28(19)22(29)30/h6-9,11,14,19H,10,12-13H2,1-5H3,(H,26,27)(H,29,30). The van der Waals surface area contributed by atoms with Crippen molar-refractivity contribution in [2.75, 3.05) is 20.3 Å². The van der Waals surface area contributed by atoms with Gasteiger partial charge in [0.25, 0.3) is 0 Å². The summed E-state index contributed by atoms with van der Waals surface area (Å²) in [7, 11) is 1.22. The van der Waals surface area contributed by atoms with E-state index in [1.807, 2.05) is 45.9 Å². The monoisotopic (exact) mass is 451 g/mol. The fraction of sp³-hybridized carbons (Fsp3) is 0.500. The highest BCUT2D eigenvalue weighted by molar-refractivity contribution is 6.62. The Bertz CT molecular complexity index is 1210. The van der Waals surface area contributed by atoms with Gasteiger partial charge in [0.2, 0.25) is 0 Å². The molecule has 2 aromatic carbocycles. The Balaban J connectivity index is 1.49. The van der Waals surface area contributed by atoms with Crippen LogP contribution in [-0.4, -0.2) is 64.6 Å². The van der Waals surface area contributed by atoms with Crippen molar-refractivity contribution in [2.45, 2.75) is 51.4 Å². The van der Waals surface area contributed by atoms with Gasteiger partial charge >= 0.3 is 13.2 Å². The Morgan fingerprint density at radius 2 is 1.97 bits per heavy atom. The Morgan fingerprint density at radius 1 is 1.24 bits per heavy atom. The molecule has 2 fully saturated rings. The van der Waals surface area contributed by atoms with Crippen LogP contribution in [0.25, 0.3) is 21.8 Å². The van der Waals surface area contributed by atoms with Crippen molar-refractivity contribution >= 4 is 40.5 Å². The first kappa shape index (κ1) is 22.2. The van der Waals surface area contributed by atoms with Gasteiger partial charge in [0, 0.05) is 25.0 Å². The number of aromatic nitrogens is 2. The number of amides is 1. The number of hydrogen-bond acceptors (Lipinski definition) is 5. The van der Waals surface area contributed by atoms with Crippen molar-refractivity contribution in [2.24, 2.45) is 5.92 Å². The number of carbonyl (C=O) groups is 1. The second-order valence-corrected chi connectivity index (χ2v) is 10.2. The van der Waals surface area contributed by atoms with Gasteiger partial charge in [-0.1, -0.05) is 24.3 Å². The maximum atomic E-state index is 11.8. The van der Waals surface area contributed by atoms with Gasteiger partial charge in [-0.15, -0.1) is 0 Å². The van der Waals surface area contributed by atoms with E-state index in [4.69, 9.17) is 19.0 Å². The molecule has 2 aliphatic rings. The summed E-state index contributed by atoms with van der Waals surface area (Å²) in [6.45, 7) is 9.16. The number of benzene rings is 2. The smallest absolute Gasteiger partial charge is 0.465 e. The lowest BCUT2D eigenvalue weighted by molar-refractivity contribution is 0.00578. The van der Waals surface area contributed by atoms with Gasteiger partial charge in [-0.3, -0.25) is 4.90 Å². The van der Waals surface area contributed by atoms with Gasteiger partial charge in [0.15, 0.2) is 0 Å². The van der Waals surface area contributed by atoms with Crippen LogP contribution in [0.5, 0.6) is 0 Å². The summed E-state index contributed by atoms with van der Waals surface area (Å²) in [5.41, 5.74) is 1.90. The second-order valence-electron chi connectivity index (χ2n) is 10.2. The number of nitrogens with one attached hydrogen (secondary N) is 1. The molecule has 0 radical (unpaired) electrons. The van der Waals surface area contributed by atoms with Crippen LogP contribution in [0.15, 0.2) is 30.3 Å². The van der Waals surface area contributed by atoms with E-state index in [1.165, 1.54) is 4.90 Å². The Kier molecular flexibility index (Phi) is 5.19. The van der Waals surface area contributed by atoms with E-state index in [9.17, 15) is 9.90 Å².